The fourth-order valence-corrected chi connectivity index (χ4v) is 3.58. The lowest BCUT2D eigenvalue weighted by molar-refractivity contribution is -0.121. The third-order valence-electron chi connectivity index (χ3n) is 3.52. The molecule has 0 saturated heterocycles. The van der Waals surface area contributed by atoms with Gasteiger partial charge >= 0.3 is 0 Å². The van der Waals surface area contributed by atoms with E-state index in [0.717, 1.165) is 9.35 Å². The maximum Gasteiger partial charge on any atom is 0.279 e. The molecule has 0 spiro atoms. The number of carbonyl (C=O) groups excluding carboxylic acids is 2. The summed E-state index contributed by atoms with van der Waals surface area (Å²) in [5.41, 5.74) is 5.60. The van der Waals surface area contributed by atoms with Crippen LogP contribution in [-0.2, 0) is 11.2 Å². The minimum absolute atomic E-state index is 0.167. The molecule has 2 aromatic rings. The van der Waals surface area contributed by atoms with Crippen LogP contribution >= 0.6 is 27.3 Å². The van der Waals surface area contributed by atoms with E-state index < -0.39 is 0 Å². The molecule has 26 heavy (non-hydrogen) atoms. The monoisotopic (exact) mass is 442 g/mol. The molecule has 0 saturated carbocycles. The van der Waals surface area contributed by atoms with Gasteiger partial charge in [0.2, 0.25) is 11.7 Å². The summed E-state index contributed by atoms with van der Waals surface area (Å²) in [6.45, 7) is 0. The highest BCUT2D eigenvalue weighted by atomic mass is 79.9. The zero-order chi connectivity index (χ0) is 19.1. The zero-order valence-corrected chi connectivity index (χ0v) is 17.0. The Kier molecular flexibility index (Phi) is 7.28. The first-order valence-electron chi connectivity index (χ1n) is 7.62. The van der Waals surface area contributed by atoms with Gasteiger partial charge in [0.05, 0.1) is 30.0 Å². The predicted octanol–water partition coefficient (Wildman–Crippen LogP) is 2.93. The third kappa shape index (κ3) is 4.89. The topological polar surface area (TPSA) is 85.9 Å². The number of halogens is 1. The summed E-state index contributed by atoms with van der Waals surface area (Å²) in [6.07, 6.45) is 0.579. The number of benzene rings is 1. The standard InChI is InChI=1S/C17H19BrN2O5S/c1-23-11-6-4-10(15(24-2)16(11)25-3)5-9-14(21)19-20-17(22)12-7-8-13(18)26-12/h4,6-8H,5,9H2,1-3H3,(H,19,21)(H,20,22). The molecular formula is C17H19BrN2O5S. The Morgan fingerprint density at radius 2 is 1.73 bits per heavy atom. The molecule has 2 amide bonds. The van der Waals surface area contributed by atoms with Gasteiger partial charge < -0.3 is 14.2 Å². The molecule has 0 bridgehead atoms. The summed E-state index contributed by atoms with van der Waals surface area (Å²) < 4.78 is 16.8. The van der Waals surface area contributed by atoms with E-state index >= 15 is 0 Å². The second-order valence-corrected chi connectivity index (χ2v) is 7.56. The van der Waals surface area contributed by atoms with Crippen molar-refractivity contribution in [2.75, 3.05) is 21.3 Å². The average Bonchev–Trinajstić information content (AvgIpc) is 3.09. The number of rotatable bonds is 7. The summed E-state index contributed by atoms with van der Waals surface area (Å²) in [4.78, 5) is 24.4. The van der Waals surface area contributed by atoms with Crippen LogP contribution in [0.5, 0.6) is 17.2 Å². The number of ether oxygens (including phenoxy) is 3. The van der Waals surface area contributed by atoms with Gasteiger partial charge in [-0.2, -0.15) is 0 Å². The number of aryl methyl sites for hydroxylation is 1. The molecule has 9 heteroatoms. The molecule has 0 radical (unpaired) electrons. The number of nitrogens with one attached hydrogen (secondary N) is 2. The predicted molar refractivity (Wildman–Crippen MR) is 102 cm³/mol. The highest BCUT2D eigenvalue weighted by molar-refractivity contribution is 9.11. The van der Waals surface area contributed by atoms with E-state index in [4.69, 9.17) is 14.2 Å². The summed E-state index contributed by atoms with van der Waals surface area (Å²) in [6, 6.07) is 7.01. The lowest BCUT2D eigenvalue weighted by atomic mass is 10.1. The van der Waals surface area contributed by atoms with Crippen molar-refractivity contribution < 1.29 is 23.8 Å². The number of hydrogen-bond acceptors (Lipinski definition) is 6. The SMILES string of the molecule is COc1ccc(CCC(=O)NNC(=O)c2ccc(Br)s2)c(OC)c1OC. The van der Waals surface area contributed by atoms with Gasteiger partial charge in [-0.05, 0) is 46.1 Å². The van der Waals surface area contributed by atoms with E-state index in [0.29, 0.717) is 28.5 Å². The number of amides is 2. The van der Waals surface area contributed by atoms with Crippen LogP contribution in [0.2, 0.25) is 0 Å². The van der Waals surface area contributed by atoms with Crippen molar-refractivity contribution in [2.24, 2.45) is 0 Å². The number of carbonyl (C=O) groups is 2. The molecule has 0 aliphatic heterocycles. The van der Waals surface area contributed by atoms with Crippen LogP contribution in [0.1, 0.15) is 21.7 Å². The van der Waals surface area contributed by atoms with E-state index in [1.54, 1.807) is 25.3 Å². The Morgan fingerprint density at radius 1 is 1.00 bits per heavy atom. The van der Waals surface area contributed by atoms with Crippen LogP contribution in [0.25, 0.3) is 0 Å². The maximum absolute atomic E-state index is 12.0. The number of thiophene rings is 1. The van der Waals surface area contributed by atoms with Crippen LogP contribution in [0.15, 0.2) is 28.1 Å². The van der Waals surface area contributed by atoms with Crippen LogP contribution in [0.4, 0.5) is 0 Å². The van der Waals surface area contributed by atoms with Gasteiger partial charge in [0.25, 0.3) is 5.91 Å². The van der Waals surface area contributed by atoms with Gasteiger partial charge in [0.1, 0.15) is 0 Å². The molecule has 0 aliphatic rings. The molecule has 2 rings (SSSR count). The first-order chi connectivity index (χ1) is 12.5. The smallest absolute Gasteiger partial charge is 0.279 e. The van der Waals surface area contributed by atoms with E-state index in [1.807, 2.05) is 6.07 Å². The van der Waals surface area contributed by atoms with Gasteiger partial charge in [-0.25, -0.2) is 0 Å². The zero-order valence-electron chi connectivity index (χ0n) is 14.6. The van der Waals surface area contributed by atoms with Gasteiger partial charge in [-0.15, -0.1) is 11.3 Å². The van der Waals surface area contributed by atoms with E-state index in [2.05, 4.69) is 26.8 Å². The van der Waals surface area contributed by atoms with E-state index in [1.165, 1.54) is 25.6 Å². The Bertz CT molecular complexity index is 793. The lowest BCUT2D eigenvalue weighted by Gasteiger charge is -2.15. The Labute approximate surface area is 163 Å². The molecule has 2 N–H and O–H groups in total. The number of hydrogen-bond donors (Lipinski definition) is 2. The van der Waals surface area contributed by atoms with Crippen molar-refractivity contribution >= 4 is 39.1 Å². The molecule has 1 heterocycles. The van der Waals surface area contributed by atoms with Crippen LogP contribution in [0.3, 0.4) is 0 Å². The van der Waals surface area contributed by atoms with Crippen molar-refractivity contribution in [1.29, 1.82) is 0 Å². The minimum atomic E-state index is -0.363. The second kappa shape index (κ2) is 9.44. The van der Waals surface area contributed by atoms with Gasteiger partial charge in [-0.1, -0.05) is 6.07 Å². The van der Waals surface area contributed by atoms with Crippen molar-refractivity contribution in [3.8, 4) is 17.2 Å². The molecule has 1 aromatic heterocycles. The van der Waals surface area contributed by atoms with Gasteiger partial charge in [0.15, 0.2) is 11.5 Å². The van der Waals surface area contributed by atoms with Crippen molar-refractivity contribution in [2.45, 2.75) is 12.8 Å². The maximum atomic E-state index is 12.0. The van der Waals surface area contributed by atoms with Gasteiger partial charge in [0, 0.05) is 6.42 Å². The number of methoxy groups -OCH3 is 3. The number of hydrazine groups is 1. The summed E-state index contributed by atoms with van der Waals surface area (Å²) in [5.74, 6) is 0.868. The summed E-state index contributed by atoms with van der Waals surface area (Å²) >= 11 is 4.57. The van der Waals surface area contributed by atoms with Crippen molar-refractivity contribution in [3.05, 3.63) is 38.5 Å². The van der Waals surface area contributed by atoms with Crippen LogP contribution in [-0.4, -0.2) is 33.1 Å². The normalized spacial score (nSPS) is 10.2. The molecule has 0 atom stereocenters. The van der Waals surface area contributed by atoms with E-state index in [9.17, 15) is 9.59 Å². The molecular weight excluding hydrogens is 424 g/mol. The minimum Gasteiger partial charge on any atom is -0.493 e. The van der Waals surface area contributed by atoms with E-state index in [-0.39, 0.29) is 18.2 Å². The second-order valence-electron chi connectivity index (χ2n) is 5.10. The highest BCUT2D eigenvalue weighted by Gasteiger charge is 2.17. The molecule has 1 aromatic carbocycles. The molecule has 0 fully saturated rings. The molecule has 0 aliphatic carbocycles. The average molecular weight is 443 g/mol. The summed E-state index contributed by atoms with van der Waals surface area (Å²) in [5, 5.41) is 0. The van der Waals surface area contributed by atoms with Crippen LogP contribution in [0, 0.1) is 0 Å². The first kappa shape index (κ1) is 20.1. The van der Waals surface area contributed by atoms with Crippen molar-refractivity contribution in [1.82, 2.24) is 10.9 Å². The highest BCUT2D eigenvalue weighted by Crippen LogP contribution is 2.40. The Morgan fingerprint density at radius 3 is 2.31 bits per heavy atom. The lowest BCUT2D eigenvalue weighted by Crippen LogP contribution is -2.41. The molecule has 140 valence electrons. The fourth-order valence-electron chi connectivity index (χ4n) is 2.30. The largest absolute Gasteiger partial charge is 0.493 e. The fraction of sp³-hybridized carbons (Fsp3) is 0.294. The quantitative estimate of drug-likeness (QED) is 0.643. The first-order valence-corrected chi connectivity index (χ1v) is 9.23. The Hall–Kier alpha value is -2.26. The van der Waals surface area contributed by atoms with Crippen molar-refractivity contribution in [3.63, 3.8) is 0 Å². The van der Waals surface area contributed by atoms with Crippen LogP contribution < -0.4 is 25.1 Å². The summed E-state index contributed by atoms with van der Waals surface area (Å²) in [7, 11) is 4.59. The van der Waals surface area contributed by atoms with Gasteiger partial charge in [-0.3, -0.25) is 20.4 Å². The third-order valence-corrected chi connectivity index (χ3v) is 5.14. The molecule has 7 nitrogen and oxygen atoms in total. The molecule has 0 unspecified atom stereocenters. The Balaban J connectivity index is 1.93.